The molecule has 1 saturated heterocycles. The van der Waals surface area contributed by atoms with Gasteiger partial charge in [-0.3, -0.25) is 10.00 Å². The van der Waals surface area contributed by atoms with Crippen molar-refractivity contribution in [2.24, 2.45) is 0 Å². The van der Waals surface area contributed by atoms with Gasteiger partial charge in [0.1, 0.15) is 0 Å². The molecule has 0 aliphatic carbocycles. The van der Waals surface area contributed by atoms with Gasteiger partial charge in [0.15, 0.2) is 0 Å². The summed E-state index contributed by atoms with van der Waals surface area (Å²) in [6, 6.07) is 10.3. The summed E-state index contributed by atoms with van der Waals surface area (Å²) >= 11 is 6.41. The van der Waals surface area contributed by atoms with E-state index in [4.69, 9.17) is 16.3 Å². The van der Waals surface area contributed by atoms with Crippen molar-refractivity contribution in [1.29, 1.82) is 0 Å². The monoisotopic (exact) mass is 320 g/mol. The third-order valence-corrected chi connectivity index (χ3v) is 4.31. The Morgan fingerprint density at radius 3 is 2.82 bits per heavy atom. The van der Waals surface area contributed by atoms with Crippen molar-refractivity contribution in [3.63, 3.8) is 0 Å². The van der Waals surface area contributed by atoms with Gasteiger partial charge in [0.25, 0.3) is 0 Å². The van der Waals surface area contributed by atoms with E-state index in [1.165, 1.54) is 5.56 Å². The first-order valence-corrected chi connectivity index (χ1v) is 7.97. The Hall–Kier alpha value is -1.40. The van der Waals surface area contributed by atoms with Crippen LogP contribution in [0.2, 0.25) is 5.02 Å². The number of ether oxygens (including phenoxy) is 1. The van der Waals surface area contributed by atoms with Crippen LogP contribution in [0.4, 0.5) is 0 Å². The Balaban J connectivity index is 1.69. The van der Waals surface area contributed by atoms with Crippen LogP contribution in [0.5, 0.6) is 0 Å². The minimum Gasteiger partial charge on any atom is -0.379 e. The maximum Gasteiger partial charge on any atom is 0.0594 e. The lowest BCUT2D eigenvalue weighted by Gasteiger charge is -2.35. The minimum atomic E-state index is 0.250. The third-order valence-electron chi connectivity index (χ3n) is 3.96. The summed E-state index contributed by atoms with van der Waals surface area (Å²) in [7, 11) is 0. The van der Waals surface area contributed by atoms with E-state index in [-0.39, 0.29) is 6.04 Å². The lowest BCUT2D eigenvalue weighted by Crippen LogP contribution is -2.42. The normalized spacial score (nSPS) is 17.5. The molecule has 5 nitrogen and oxygen atoms in total. The molecule has 2 aromatic rings. The van der Waals surface area contributed by atoms with E-state index in [1.807, 2.05) is 24.3 Å². The number of hydrogen-bond acceptors (Lipinski definition) is 4. The molecule has 1 unspecified atom stereocenters. The van der Waals surface area contributed by atoms with Crippen LogP contribution < -0.4 is 5.32 Å². The predicted octanol–water partition coefficient (Wildman–Crippen LogP) is 2.23. The molecule has 1 aromatic carbocycles. The largest absolute Gasteiger partial charge is 0.379 e. The molecule has 6 heteroatoms. The molecule has 0 bridgehead atoms. The van der Waals surface area contributed by atoms with Gasteiger partial charge in [-0.05, 0) is 17.7 Å². The highest BCUT2D eigenvalue weighted by Crippen LogP contribution is 2.27. The minimum absolute atomic E-state index is 0.250. The first-order valence-electron chi connectivity index (χ1n) is 7.60. The fourth-order valence-electron chi connectivity index (χ4n) is 2.80. The number of rotatable bonds is 6. The smallest absolute Gasteiger partial charge is 0.0594 e. The van der Waals surface area contributed by atoms with Gasteiger partial charge in [0.05, 0.1) is 13.2 Å². The zero-order valence-electron chi connectivity index (χ0n) is 12.5. The van der Waals surface area contributed by atoms with E-state index in [0.717, 1.165) is 50.1 Å². The van der Waals surface area contributed by atoms with Crippen LogP contribution in [0.1, 0.15) is 17.3 Å². The molecular formula is C16H21ClN4O. The van der Waals surface area contributed by atoms with E-state index in [1.54, 1.807) is 6.20 Å². The fourth-order valence-corrected chi connectivity index (χ4v) is 3.06. The predicted molar refractivity (Wildman–Crippen MR) is 86.9 cm³/mol. The summed E-state index contributed by atoms with van der Waals surface area (Å²) in [4.78, 5) is 2.44. The average molecular weight is 321 g/mol. The molecule has 2 N–H and O–H groups in total. The highest BCUT2D eigenvalue weighted by Gasteiger charge is 2.23. The zero-order chi connectivity index (χ0) is 15.2. The molecule has 3 rings (SSSR count). The highest BCUT2D eigenvalue weighted by molar-refractivity contribution is 6.31. The molecule has 22 heavy (non-hydrogen) atoms. The second kappa shape index (κ2) is 7.74. The summed E-state index contributed by atoms with van der Waals surface area (Å²) in [5.41, 5.74) is 2.25. The van der Waals surface area contributed by atoms with Crippen molar-refractivity contribution in [2.45, 2.75) is 12.6 Å². The molecule has 118 valence electrons. The van der Waals surface area contributed by atoms with E-state index in [9.17, 15) is 0 Å². The van der Waals surface area contributed by atoms with Crippen LogP contribution >= 0.6 is 11.6 Å². The summed E-state index contributed by atoms with van der Waals surface area (Å²) < 4.78 is 5.47. The Bertz CT molecular complexity index is 569. The molecule has 1 fully saturated rings. The van der Waals surface area contributed by atoms with E-state index in [2.05, 4.69) is 26.5 Å². The Morgan fingerprint density at radius 1 is 1.27 bits per heavy atom. The first-order chi connectivity index (χ1) is 10.8. The summed E-state index contributed by atoms with van der Waals surface area (Å²) in [6.07, 6.45) is 1.77. The first kappa shape index (κ1) is 15.5. The molecular weight excluding hydrogens is 300 g/mol. The van der Waals surface area contributed by atoms with E-state index in [0.29, 0.717) is 0 Å². The van der Waals surface area contributed by atoms with Crippen molar-refractivity contribution in [1.82, 2.24) is 20.4 Å². The standard InChI is InChI=1S/C16H21ClN4O/c17-15-4-2-1-3-14(15)16(21-7-9-22-10-8-21)12-18-11-13-5-6-19-20-13/h1-6,16,18H,7-12H2,(H,19,20). The molecule has 0 radical (unpaired) electrons. The molecule has 1 aromatic heterocycles. The number of aromatic nitrogens is 2. The van der Waals surface area contributed by atoms with Crippen LogP contribution in [0.25, 0.3) is 0 Å². The van der Waals surface area contributed by atoms with Crippen molar-refractivity contribution in [3.05, 3.63) is 52.8 Å². The zero-order valence-corrected chi connectivity index (χ0v) is 13.2. The molecule has 0 spiro atoms. The van der Waals surface area contributed by atoms with Crippen molar-refractivity contribution in [3.8, 4) is 0 Å². The SMILES string of the molecule is Clc1ccccc1C(CNCc1ccn[nH]1)N1CCOCC1. The number of nitrogens with zero attached hydrogens (tertiary/aromatic N) is 2. The molecule has 0 saturated carbocycles. The van der Waals surface area contributed by atoms with E-state index < -0.39 is 0 Å². The summed E-state index contributed by atoms with van der Waals surface area (Å²) in [5, 5.41) is 11.3. The number of aromatic amines is 1. The maximum absolute atomic E-state index is 6.41. The van der Waals surface area contributed by atoms with Crippen LogP contribution in [-0.4, -0.2) is 47.9 Å². The van der Waals surface area contributed by atoms with Gasteiger partial charge in [-0.2, -0.15) is 5.10 Å². The van der Waals surface area contributed by atoms with Crippen molar-refractivity contribution >= 4 is 11.6 Å². The van der Waals surface area contributed by atoms with Crippen molar-refractivity contribution < 1.29 is 4.74 Å². The number of morpholine rings is 1. The molecule has 1 atom stereocenters. The molecule has 1 aliphatic rings. The van der Waals surface area contributed by atoms with Gasteiger partial charge in [0, 0.05) is 49.1 Å². The number of hydrogen-bond donors (Lipinski definition) is 2. The van der Waals surface area contributed by atoms with Gasteiger partial charge in [-0.25, -0.2) is 0 Å². The lowest BCUT2D eigenvalue weighted by atomic mass is 10.0. The van der Waals surface area contributed by atoms with Gasteiger partial charge >= 0.3 is 0 Å². The second-order valence-electron chi connectivity index (χ2n) is 5.40. The third kappa shape index (κ3) is 3.87. The van der Waals surface area contributed by atoms with Crippen molar-refractivity contribution in [2.75, 3.05) is 32.8 Å². The van der Waals surface area contributed by atoms with E-state index >= 15 is 0 Å². The van der Waals surface area contributed by atoms with Crippen LogP contribution in [0.15, 0.2) is 36.5 Å². The summed E-state index contributed by atoms with van der Waals surface area (Å²) in [5.74, 6) is 0. The van der Waals surface area contributed by atoms with Gasteiger partial charge < -0.3 is 10.1 Å². The lowest BCUT2D eigenvalue weighted by molar-refractivity contribution is 0.0161. The average Bonchev–Trinajstić information content (AvgIpc) is 3.07. The Kier molecular flexibility index (Phi) is 5.45. The van der Waals surface area contributed by atoms with Crippen LogP contribution in [0, 0.1) is 0 Å². The van der Waals surface area contributed by atoms with Crippen LogP contribution in [0.3, 0.4) is 0 Å². The highest BCUT2D eigenvalue weighted by atomic mass is 35.5. The number of nitrogens with one attached hydrogen (secondary N) is 2. The molecule has 2 heterocycles. The molecule has 1 aliphatic heterocycles. The maximum atomic E-state index is 6.41. The second-order valence-corrected chi connectivity index (χ2v) is 5.81. The Morgan fingerprint density at radius 2 is 2.09 bits per heavy atom. The fraction of sp³-hybridized carbons (Fsp3) is 0.438. The van der Waals surface area contributed by atoms with Gasteiger partial charge in [0.2, 0.25) is 0 Å². The Labute approximate surface area is 135 Å². The van der Waals surface area contributed by atoms with Gasteiger partial charge in [-0.15, -0.1) is 0 Å². The summed E-state index contributed by atoms with van der Waals surface area (Å²) in [6.45, 7) is 5.03. The quantitative estimate of drug-likeness (QED) is 0.857. The van der Waals surface area contributed by atoms with Gasteiger partial charge in [-0.1, -0.05) is 29.8 Å². The molecule has 0 amide bonds. The number of H-pyrrole nitrogens is 1. The van der Waals surface area contributed by atoms with Crippen LogP contribution in [-0.2, 0) is 11.3 Å². The number of benzene rings is 1. The topological polar surface area (TPSA) is 53.2 Å². The number of halogens is 1.